The maximum Gasteiger partial charge on any atom is 0.0501 e. The van der Waals surface area contributed by atoms with Crippen LogP contribution in [0.4, 0.5) is 5.69 Å². The average Bonchev–Trinajstić information content (AvgIpc) is 2.99. The van der Waals surface area contributed by atoms with E-state index in [1.165, 1.54) is 19.4 Å². The maximum atomic E-state index is 5.55. The molecule has 1 aliphatic carbocycles. The van der Waals surface area contributed by atoms with Crippen LogP contribution in [-0.4, -0.2) is 18.1 Å². The van der Waals surface area contributed by atoms with Gasteiger partial charge < -0.3 is 11.1 Å². The van der Waals surface area contributed by atoms with Gasteiger partial charge in [0.05, 0.1) is 11.9 Å². The predicted octanol–water partition coefficient (Wildman–Crippen LogP) is 1.21. The van der Waals surface area contributed by atoms with Crippen molar-refractivity contribution in [1.29, 1.82) is 0 Å². The first-order chi connectivity index (χ1) is 6.84. The van der Waals surface area contributed by atoms with Gasteiger partial charge in [-0.15, -0.1) is 0 Å². The summed E-state index contributed by atoms with van der Waals surface area (Å²) in [7, 11) is 0. The van der Waals surface area contributed by atoms with Crippen molar-refractivity contribution in [3.63, 3.8) is 0 Å². The van der Waals surface area contributed by atoms with Gasteiger partial charge in [-0.05, 0) is 37.4 Å². The van der Waals surface area contributed by atoms with E-state index in [-0.39, 0.29) is 0 Å². The standard InChI is InChI=1S/C11H17N3/c12-10-3-4-11(14-8-10)5-6-13-7-9-1-2-9/h3-4,8-9,13H,1-2,5-7,12H2. The third kappa shape index (κ3) is 3.00. The number of nitrogens with two attached hydrogens (primary N) is 1. The Kier molecular flexibility index (Phi) is 2.99. The van der Waals surface area contributed by atoms with E-state index in [2.05, 4.69) is 10.3 Å². The lowest BCUT2D eigenvalue weighted by Crippen LogP contribution is -2.20. The Labute approximate surface area is 84.7 Å². The van der Waals surface area contributed by atoms with E-state index in [4.69, 9.17) is 5.73 Å². The number of nitrogens with one attached hydrogen (secondary N) is 1. The second-order valence-corrected chi connectivity index (χ2v) is 3.98. The molecule has 0 saturated heterocycles. The van der Waals surface area contributed by atoms with Crippen molar-refractivity contribution in [2.75, 3.05) is 18.8 Å². The highest BCUT2D eigenvalue weighted by Crippen LogP contribution is 2.27. The van der Waals surface area contributed by atoms with Crippen molar-refractivity contribution in [1.82, 2.24) is 10.3 Å². The summed E-state index contributed by atoms with van der Waals surface area (Å²) in [6.45, 7) is 2.20. The minimum absolute atomic E-state index is 0.736. The van der Waals surface area contributed by atoms with Gasteiger partial charge in [0, 0.05) is 18.7 Å². The van der Waals surface area contributed by atoms with Crippen LogP contribution >= 0.6 is 0 Å². The zero-order valence-electron chi connectivity index (χ0n) is 8.37. The highest BCUT2D eigenvalue weighted by molar-refractivity contribution is 5.34. The fourth-order valence-electron chi connectivity index (χ4n) is 1.43. The van der Waals surface area contributed by atoms with Crippen LogP contribution in [0.2, 0.25) is 0 Å². The molecule has 1 fully saturated rings. The zero-order valence-corrected chi connectivity index (χ0v) is 8.37. The molecule has 1 heterocycles. The molecule has 2 rings (SSSR count). The quantitative estimate of drug-likeness (QED) is 0.688. The molecule has 3 nitrogen and oxygen atoms in total. The molecule has 0 atom stereocenters. The molecule has 0 aliphatic heterocycles. The lowest BCUT2D eigenvalue weighted by molar-refractivity contribution is 0.633. The predicted molar refractivity (Wildman–Crippen MR) is 57.9 cm³/mol. The van der Waals surface area contributed by atoms with E-state index >= 15 is 0 Å². The minimum atomic E-state index is 0.736. The van der Waals surface area contributed by atoms with E-state index in [0.717, 1.165) is 30.3 Å². The minimum Gasteiger partial charge on any atom is -0.397 e. The number of nitrogens with zero attached hydrogens (tertiary/aromatic N) is 1. The highest BCUT2D eigenvalue weighted by Gasteiger charge is 2.19. The monoisotopic (exact) mass is 191 g/mol. The lowest BCUT2D eigenvalue weighted by atomic mass is 10.2. The van der Waals surface area contributed by atoms with Crippen LogP contribution in [0, 0.1) is 5.92 Å². The molecule has 0 spiro atoms. The first kappa shape index (κ1) is 9.46. The molecule has 1 aromatic rings. The molecule has 1 saturated carbocycles. The Morgan fingerprint density at radius 1 is 1.43 bits per heavy atom. The Hall–Kier alpha value is -1.09. The Bertz CT molecular complexity index is 277. The van der Waals surface area contributed by atoms with E-state index in [9.17, 15) is 0 Å². The van der Waals surface area contributed by atoms with Gasteiger partial charge in [-0.1, -0.05) is 0 Å². The number of nitrogen functional groups attached to an aromatic ring is 1. The lowest BCUT2D eigenvalue weighted by Gasteiger charge is -2.03. The normalized spacial score (nSPS) is 15.7. The number of hydrogen-bond acceptors (Lipinski definition) is 3. The molecule has 1 aromatic heterocycles. The van der Waals surface area contributed by atoms with Gasteiger partial charge >= 0.3 is 0 Å². The van der Waals surface area contributed by atoms with Crippen molar-refractivity contribution >= 4 is 5.69 Å². The summed E-state index contributed by atoms with van der Waals surface area (Å²) < 4.78 is 0. The zero-order chi connectivity index (χ0) is 9.80. The van der Waals surface area contributed by atoms with Crippen molar-refractivity contribution in [3.05, 3.63) is 24.0 Å². The number of anilines is 1. The number of aromatic nitrogens is 1. The highest BCUT2D eigenvalue weighted by atomic mass is 14.9. The van der Waals surface area contributed by atoms with E-state index in [0.29, 0.717) is 0 Å². The fraction of sp³-hybridized carbons (Fsp3) is 0.545. The van der Waals surface area contributed by atoms with Crippen molar-refractivity contribution in [2.45, 2.75) is 19.3 Å². The van der Waals surface area contributed by atoms with Crippen LogP contribution in [0.25, 0.3) is 0 Å². The van der Waals surface area contributed by atoms with E-state index < -0.39 is 0 Å². The molecule has 0 radical (unpaired) electrons. The molecule has 0 aromatic carbocycles. The number of pyridine rings is 1. The number of hydrogen-bond donors (Lipinski definition) is 2. The molecule has 0 amide bonds. The topological polar surface area (TPSA) is 50.9 Å². The summed E-state index contributed by atoms with van der Waals surface area (Å²) in [4.78, 5) is 4.25. The van der Waals surface area contributed by atoms with E-state index in [1.807, 2.05) is 12.1 Å². The first-order valence-electron chi connectivity index (χ1n) is 5.26. The number of rotatable bonds is 5. The molecule has 3 N–H and O–H groups in total. The summed E-state index contributed by atoms with van der Waals surface area (Å²) >= 11 is 0. The molecule has 0 unspecified atom stereocenters. The summed E-state index contributed by atoms with van der Waals surface area (Å²) in [5.41, 5.74) is 7.40. The van der Waals surface area contributed by atoms with Crippen molar-refractivity contribution in [3.8, 4) is 0 Å². The van der Waals surface area contributed by atoms with Crippen LogP contribution < -0.4 is 11.1 Å². The largest absolute Gasteiger partial charge is 0.397 e. The van der Waals surface area contributed by atoms with E-state index in [1.54, 1.807) is 6.20 Å². The third-order valence-corrected chi connectivity index (χ3v) is 2.54. The van der Waals surface area contributed by atoms with Crippen LogP contribution in [0.15, 0.2) is 18.3 Å². The smallest absolute Gasteiger partial charge is 0.0501 e. The Balaban J connectivity index is 1.66. The van der Waals surface area contributed by atoms with Crippen LogP contribution in [-0.2, 0) is 6.42 Å². The summed E-state index contributed by atoms with van der Waals surface area (Å²) in [5, 5.41) is 3.44. The van der Waals surface area contributed by atoms with Gasteiger partial charge in [0.2, 0.25) is 0 Å². The van der Waals surface area contributed by atoms with Gasteiger partial charge in [0.25, 0.3) is 0 Å². The second kappa shape index (κ2) is 4.42. The molecular formula is C11H17N3. The van der Waals surface area contributed by atoms with Gasteiger partial charge in [0.15, 0.2) is 0 Å². The molecule has 0 bridgehead atoms. The van der Waals surface area contributed by atoms with Crippen LogP contribution in [0.1, 0.15) is 18.5 Å². The molecule has 1 aliphatic rings. The van der Waals surface area contributed by atoms with Crippen molar-refractivity contribution < 1.29 is 0 Å². The van der Waals surface area contributed by atoms with Gasteiger partial charge in [0.1, 0.15) is 0 Å². The SMILES string of the molecule is Nc1ccc(CCNCC2CC2)nc1. The fourth-order valence-corrected chi connectivity index (χ4v) is 1.43. The third-order valence-electron chi connectivity index (χ3n) is 2.54. The maximum absolute atomic E-state index is 5.55. The first-order valence-corrected chi connectivity index (χ1v) is 5.26. The van der Waals surface area contributed by atoms with Gasteiger partial charge in [-0.25, -0.2) is 0 Å². The summed E-state index contributed by atoms with van der Waals surface area (Å²) in [6, 6.07) is 3.90. The summed E-state index contributed by atoms with van der Waals surface area (Å²) in [5.74, 6) is 0.953. The van der Waals surface area contributed by atoms with Gasteiger partial charge in [-0.2, -0.15) is 0 Å². The van der Waals surface area contributed by atoms with Crippen LogP contribution in [0.3, 0.4) is 0 Å². The second-order valence-electron chi connectivity index (χ2n) is 3.98. The Morgan fingerprint density at radius 2 is 2.29 bits per heavy atom. The van der Waals surface area contributed by atoms with Gasteiger partial charge in [-0.3, -0.25) is 4.98 Å². The van der Waals surface area contributed by atoms with Crippen molar-refractivity contribution in [2.24, 2.45) is 5.92 Å². The summed E-state index contributed by atoms with van der Waals surface area (Å²) in [6.07, 6.45) is 5.53. The molecular weight excluding hydrogens is 174 g/mol. The molecule has 14 heavy (non-hydrogen) atoms. The average molecular weight is 191 g/mol. The molecule has 76 valence electrons. The van der Waals surface area contributed by atoms with Crippen LogP contribution in [0.5, 0.6) is 0 Å². The Morgan fingerprint density at radius 3 is 2.93 bits per heavy atom. The molecule has 3 heteroatoms.